The van der Waals surface area contributed by atoms with Gasteiger partial charge >= 0.3 is 0 Å². The lowest BCUT2D eigenvalue weighted by molar-refractivity contribution is -0.133. The Hall–Kier alpha value is -3.12. The summed E-state index contributed by atoms with van der Waals surface area (Å²) in [6.45, 7) is 7.94. The van der Waals surface area contributed by atoms with E-state index in [-0.39, 0.29) is 11.8 Å². The van der Waals surface area contributed by atoms with Crippen LogP contribution in [0.4, 0.5) is 5.88 Å². The maximum Gasteiger partial charge on any atom is 0.233 e. The Morgan fingerprint density at radius 1 is 1.00 bits per heavy atom. The minimum atomic E-state index is 0.136. The second-order valence-corrected chi connectivity index (χ2v) is 8.61. The molecule has 1 aromatic heterocycles. The fraction of sp³-hybridized carbons (Fsp3) is 0.385. The topological polar surface area (TPSA) is 58.8 Å². The predicted molar refractivity (Wildman–Crippen MR) is 125 cm³/mol. The van der Waals surface area contributed by atoms with Crippen molar-refractivity contribution < 1.29 is 14.1 Å². The average molecular weight is 434 g/mol. The van der Waals surface area contributed by atoms with Gasteiger partial charge in [-0.1, -0.05) is 79.7 Å². The van der Waals surface area contributed by atoms with Gasteiger partial charge in [-0.2, -0.15) is 0 Å². The number of carbonyl (C=O) groups excluding carboxylic acids is 1. The molecule has 3 aromatic rings. The first kappa shape index (κ1) is 22.1. The van der Waals surface area contributed by atoms with Crippen LogP contribution in [0.5, 0.6) is 0 Å². The van der Waals surface area contributed by atoms with Gasteiger partial charge in [0.2, 0.25) is 11.8 Å². The van der Waals surface area contributed by atoms with Crippen LogP contribution >= 0.6 is 0 Å². The van der Waals surface area contributed by atoms with E-state index in [0.717, 1.165) is 41.4 Å². The lowest BCUT2D eigenvalue weighted by atomic mass is 10.0. The molecule has 0 aliphatic carbocycles. The van der Waals surface area contributed by atoms with Gasteiger partial charge in [-0.3, -0.25) is 4.79 Å². The molecular formula is C26H31N3O3. The summed E-state index contributed by atoms with van der Waals surface area (Å²) in [5.74, 6) is 1.16. The summed E-state index contributed by atoms with van der Waals surface area (Å²) in [5.41, 5.74) is 3.84. The standard InChI is InChI=1S/C26H31N3O3/c1-20(2)17-24(30)29(18-21-9-5-3-6-10-21)19-23-25(22-11-7-4-8-12-22)27-32-26(23)28-13-15-31-16-14-28/h3-12,20H,13-19H2,1-2H3. The van der Waals surface area contributed by atoms with E-state index in [1.165, 1.54) is 0 Å². The third-order valence-electron chi connectivity index (χ3n) is 5.61. The largest absolute Gasteiger partial charge is 0.378 e. The number of amides is 1. The summed E-state index contributed by atoms with van der Waals surface area (Å²) < 4.78 is 11.4. The predicted octanol–water partition coefficient (Wildman–Crippen LogP) is 4.75. The molecule has 0 N–H and O–H groups in total. The van der Waals surface area contributed by atoms with E-state index < -0.39 is 0 Å². The molecule has 0 spiro atoms. The van der Waals surface area contributed by atoms with Crippen LogP contribution in [0.3, 0.4) is 0 Å². The normalized spacial score (nSPS) is 14.0. The van der Waals surface area contributed by atoms with E-state index in [0.29, 0.717) is 32.7 Å². The molecular weight excluding hydrogens is 402 g/mol. The van der Waals surface area contributed by atoms with Gasteiger partial charge < -0.3 is 19.1 Å². The van der Waals surface area contributed by atoms with Crippen molar-refractivity contribution in [3.05, 3.63) is 71.8 Å². The van der Waals surface area contributed by atoms with E-state index in [1.54, 1.807) is 0 Å². The number of ether oxygens (including phenoxy) is 1. The van der Waals surface area contributed by atoms with Crippen molar-refractivity contribution in [2.75, 3.05) is 31.2 Å². The third-order valence-corrected chi connectivity index (χ3v) is 5.61. The van der Waals surface area contributed by atoms with Crippen molar-refractivity contribution in [3.8, 4) is 11.3 Å². The monoisotopic (exact) mass is 433 g/mol. The van der Waals surface area contributed by atoms with Crippen molar-refractivity contribution in [3.63, 3.8) is 0 Å². The Morgan fingerprint density at radius 2 is 1.66 bits per heavy atom. The molecule has 1 aliphatic rings. The molecule has 0 unspecified atom stereocenters. The van der Waals surface area contributed by atoms with E-state index in [2.05, 4.69) is 36.0 Å². The first-order valence-corrected chi connectivity index (χ1v) is 11.3. The highest BCUT2D eigenvalue weighted by atomic mass is 16.5. The van der Waals surface area contributed by atoms with E-state index in [9.17, 15) is 4.79 Å². The first-order valence-electron chi connectivity index (χ1n) is 11.3. The van der Waals surface area contributed by atoms with Crippen LogP contribution in [-0.4, -0.2) is 42.3 Å². The maximum atomic E-state index is 13.3. The molecule has 0 radical (unpaired) electrons. The van der Waals surface area contributed by atoms with Gasteiger partial charge in [0.15, 0.2) is 0 Å². The number of hydrogen-bond donors (Lipinski definition) is 0. The van der Waals surface area contributed by atoms with Crippen LogP contribution < -0.4 is 4.90 Å². The van der Waals surface area contributed by atoms with Crippen molar-refractivity contribution in [1.29, 1.82) is 0 Å². The summed E-state index contributed by atoms with van der Waals surface area (Å²) in [5, 5.41) is 4.45. The molecule has 168 valence electrons. The van der Waals surface area contributed by atoms with Gasteiger partial charge in [-0.05, 0) is 11.5 Å². The quantitative estimate of drug-likeness (QED) is 0.513. The van der Waals surface area contributed by atoms with Crippen LogP contribution in [0.1, 0.15) is 31.4 Å². The second kappa shape index (κ2) is 10.5. The second-order valence-electron chi connectivity index (χ2n) is 8.61. The molecule has 0 bridgehead atoms. The summed E-state index contributed by atoms with van der Waals surface area (Å²) in [4.78, 5) is 17.4. The van der Waals surface area contributed by atoms with Gasteiger partial charge in [0, 0.05) is 31.6 Å². The molecule has 1 saturated heterocycles. The van der Waals surface area contributed by atoms with Gasteiger partial charge in [0.05, 0.1) is 25.3 Å². The molecule has 0 saturated carbocycles. The molecule has 1 fully saturated rings. The summed E-state index contributed by atoms with van der Waals surface area (Å²) in [6, 6.07) is 20.2. The minimum absolute atomic E-state index is 0.136. The number of benzene rings is 2. The Balaban J connectivity index is 1.70. The van der Waals surface area contributed by atoms with Gasteiger partial charge in [-0.15, -0.1) is 0 Å². The number of hydrogen-bond acceptors (Lipinski definition) is 5. The minimum Gasteiger partial charge on any atom is -0.378 e. The molecule has 32 heavy (non-hydrogen) atoms. The number of rotatable bonds is 8. The Bertz CT molecular complexity index is 996. The molecule has 2 heterocycles. The Morgan fingerprint density at radius 3 is 2.31 bits per heavy atom. The zero-order chi connectivity index (χ0) is 22.3. The summed E-state index contributed by atoms with van der Waals surface area (Å²) in [7, 11) is 0. The van der Waals surface area contributed by atoms with Crippen LogP contribution in [-0.2, 0) is 22.6 Å². The van der Waals surface area contributed by atoms with Crippen molar-refractivity contribution >= 4 is 11.8 Å². The molecule has 0 atom stereocenters. The van der Waals surface area contributed by atoms with Crippen LogP contribution in [0.25, 0.3) is 11.3 Å². The third kappa shape index (κ3) is 5.37. The highest BCUT2D eigenvalue weighted by Gasteiger charge is 2.27. The molecule has 1 aliphatic heterocycles. The number of morpholine rings is 1. The average Bonchev–Trinajstić information content (AvgIpc) is 3.23. The number of anilines is 1. The molecule has 1 amide bonds. The fourth-order valence-electron chi connectivity index (χ4n) is 3.99. The molecule has 6 heteroatoms. The van der Waals surface area contributed by atoms with Crippen LogP contribution in [0.2, 0.25) is 0 Å². The van der Waals surface area contributed by atoms with Crippen LogP contribution in [0.15, 0.2) is 65.2 Å². The summed E-state index contributed by atoms with van der Waals surface area (Å²) in [6.07, 6.45) is 0.506. The zero-order valence-corrected chi connectivity index (χ0v) is 18.9. The van der Waals surface area contributed by atoms with Gasteiger partial charge in [-0.25, -0.2) is 0 Å². The van der Waals surface area contributed by atoms with Gasteiger partial charge in [0.1, 0.15) is 5.69 Å². The van der Waals surface area contributed by atoms with Crippen molar-refractivity contribution in [1.82, 2.24) is 10.1 Å². The maximum absolute atomic E-state index is 13.3. The number of carbonyl (C=O) groups is 1. The van der Waals surface area contributed by atoms with Crippen LogP contribution in [0, 0.1) is 5.92 Å². The van der Waals surface area contributed by atoms with Gasteiger partial charge in [0.25, 0.3) is 0 Å². The summed E-state index contributed by atoms with van der Waals surface area (Å²) >= 11 is 0. The number of aromatic nitrogens is 1. The van der Waals surface area contributed by atoms with E-state index >= 15 is 0 Å². The lowest BCUT2D eigenvalue weighted by Crippen LogP contribution is -2.37. The first-order chi connectivity index (χ1) is 15.6. The number of nitrogens with zero attached hydrogens (tertiary/aromatic N) is 3. The molecule has 6 nitrogen and oxygen atoms in total. The Kier molecular flexibility index (Phi) is 7.22. The molecule has 4 rings (SSSR count). The highest BCUT2D eigenvalue weighted by Crippen LogP contribution is 2.33. The molecule has 2 aromatic carbocycles. The van der Waals surface area contributed by atoms with Crippen molar-refractivity contribution in [2.45, 2.75) is 33.4 Å². The zero-order valence-electron chi connectivity index (χ0n) is 18.9. The fourth-order valence-corrected chi connectivity index (χ4v) is 3.99. The van der Waals surface area contributed by atoms with Crippen molar-refractivity contribution in [2.24, 2.45) is 5.92 Å². The highest BCUT2D eigenvalue weighted by molar-refractivity contribution is 5.77. The Labute approximate surface area is 189 Å². The smallest absolute Gasteiger partial charge is 0.233 e. The lowest BCUT2D eigenvalue weighted by Gasteiger charge is -2.29. The van der Waals surface area contributed by atoms with E-state index in [1.807, 2.05) is 53.4 Å². The van der Waals surface area contributed by atoms with E-state index in [4.69, 9.17) is 9.26 Å². The SMILES string of the molecule is CC(C)CC(=O)N(Cc1ccccc1)Cc1c(-c2ccccc2)noc1N1CCOCC1.